The second-order valence-electron chi connectivity index (χ2n) is 8.75. The van der Waals surface area contributed by atoms with Crippen LogP contribution in [0.25, 0.3) is 0 Å². The molecular weight excluding hydrogens is 358 g/mol. The summed E-state index contributed by atoms with van der Waals surface area (Å²) in [5.41, 5.74) is 4.95. The van der Waals surface area contributed by atoms with Gasteiger partial charge in [0.05, 0.1) is 17.3 Å². The summed E-state index contributed by atoms with van der Waals surface area (Å²) in [5.74, 6) is 0.268. The van der Waals surface area contributed by atoms with Crippen molar-refractivity contribution in [3.63, 3.8) is 0 Å². The van der Waals surface area contributed by atoms with Crippen LogP contribution in [-0.2, 0) is 0 Å². The molecular formula is C20H33N5O3. The maximum absolute atomic E-state index is 11.8. The van der Waals surface area contributed by atoms with Gasteiger partial charge in [-0.25, -0.2) is 4.98 Å². The Balaban J connectivity index is 1.74. The smallest absolute Gasteiger partial charge is 0.254 e. The highest BCUT2D eigenvalue weighted by Crippen LogP contribution is 2.38. The third-order valence-corrected chi connectivity index (χ3v) is 6.40. The fourth-order valence-electron chi connectivity index (χ4n) is 4.24. The average molecular weight is 392 g/mol. The molecule has 2 aliphatic carbocycles. The second-order valence-corrected chi connectivity index (χ2v) is 8.75. The minimum absolute atomic E-state index is 0.0504. The first-order valence-electron chi connectivity index (χ1n) is 10.3. The van der Waals surface area contributed by atoms with E-state index in [0.717, 1.165) is 51.4 Å². The standard InChI is InChI=1S/C20H33N5O3/c1-3-20(28)9-7-19(2,8-10-20)25-18-22-12-15(16(21)27)17(24-18)23-13-5-4-6-14(26)11-13/h12-14,26,28H,3-11H2,1-2H3,(H2,21,27)(H2,22,23,24,25)/t13-,14+,19?,20?/m1/s1. The summed E-state index contributed by atoms with van der Waals surface area (Å²) in [7, 11) is 0. The van der Waals surface area contributed by atoms with E-state index in [1.165, 1.54) is 6.20 Å². The second kappa shape index (κ2) is 8.21. The summed E-state index contributed by atoms with van der Waals surface area (Å²) in [6, 6.07) is 0.0504. The van der Waals surface area contributed by atoms with Crippen LogP contribution in [0.1, 0.15) is 82.0 Å². The maximum atomic E-state index is 11.8. The first-order valence-corrected chi connectivity index (χ1v) is 10.3. The van der Waals surface area contributed by atoms with Gasteiger partial charge in [-0.3, -0.25) is 4.79 Å². The maximum Gasteiger partial charge on any atom is 0.254 e. The van der Waals surface area contributed by atoms with Gasteiger partial charge in [0.2, 0.25) is 5.95 Å². The molecule has 0 saturated heterocycles. The van der Waals surface area contributed by atoms with E-state index in [9.17, 15) is 15.0 Å². The summed E-state index contributed by atoms with van der Waals surface area (Å²) in [6.07, 6.45) is 8.25. The van der Waals surface area contributed by atoms with Crippen LogP contribution in [0.15, 0.2) is 6.20 Å². The highest BCUT2D eigenvalue weighted by Gasteiger charge is 2.38. The number of hydrogen-bond acceptors (Lipinski definition) is 7. The van der Waals surface area contributed by atoms with Crippen molar-refractivity contribution in [2.75, 3.05) is 10.6 Å². The molecule has 2 atom stereocenters. The Kier molecular flexibility index (Phi) is 6.09. The number of anilines is 2. The van der Waals surface area contributed by atoms with Crippen LogP contribution in [0.5, 0.6) is 0 Å². The van der Waals surface area contributed by atoms with E-state index >= 15 is 0 Å². The van der Waals surface area contributed by atoms with Crippen molar-refractivity contribution in [3.8, 4) is 0 Å². The number of nitrogens with zero attached hydrogens (tertiary/aromatic N) is 2. The van der Waals surface area contributed by atoms with Crippen LogP contribution in [0, 0.1) is 0 Å². The van der Waals surface area contributed by atoms with E-state index in [1.54, 1.807) is 0 Å². The normalized spacial score (nSPS) is 33.3. The van der Waals surface area contributed by atoms with Crippen molar-refractivity contribution in [2.45, 2.75) is 94.9 Å². The third kappa shape index (κ3) is 4.91. The average Bonchev–Trinajstić information content (AvgIpc) is 2.65. The lowest BCUT2D eigenvalue weighted by Crippen LogP contribution is -2.45. The summed E-state index contributed by atoms with van der Waals surface area (Å²) >= 11 is 0. The van der Waals surface area contributed by atoms with E-state index in [-0.39, 0.29) is 23.2 Å². The molecule has 0 spiro atoms. The monoisotopic (exact) mass is 391 g/mol. The molecule has 8 heteroatoms. The number of carbonyl (C=O) groups excluding carboxylic acids is 1. The summed E-state index contributed by atoms with van der Waals surface area (Å²) in [5, 5.41) is 27.1. The first kappa shape index (κ1) is 20.8. The number of nitrogens with two attached hydrogens (primary N) is 1. The zero-order valence-corrected chi connectivity index (χ0v) is 16.9. The van der Waals surface area contributed by atoms with Gasteiger partial charge in [-0.05, 0) is 64.7 Å². The molecule has 8 nitrogen and oxygen atoms in total. The number of aliphatic hydroxyl groups excluding tert-OH is 1. The molecule has 28 heavy (non-hydrogen) atoms. The van der Waals surface area contributed by atoms with Gasteiger partial charge in [0.25, 0.3) is 5.91 Å². The molecule has 1 aromatic rings. The number of nitrogens with one attached hydrogen (secondary N) is 2. The van der Waals surface area contributed by atoms with E-state index in [2.05, 4.69) is 27.5 Å². The van der Waals surface area contributed by atoms with Gasteiger partial charge < -0.3 is 26.6 Å². The fraction of sp³-hybridized carbons (Fsp3) is 0.750. The Morgan fingerprint density at radius 2 is 2.04 bits per heavy atom. The molecule has 1 amide bonds. The summed E-state index contributed by atoms with van der Waals surface area (Å²) in [6.45, 7) is 4.13. The number of amides is 1. The van der Waals surface area contributed by atoms with Gasteiger partial charge >= 0.3 is 0 Å². The van der Waals surface area contributed by atoms with E-state index in [0.29, 0.717) is 18.2 Å². The molecule has 0 bridgehead atoms. The minimum atomic E-state index is -0.581. The largest absolute Gasteiger partial charge is 0.393 e. The number of carbonyl (C=O) groups is 1. The molecule has 1 aromatic heterocycles. The van der Waals surface area contributed by atoms with E-state index in [1.807, 2.05) is 6.92 Å². The number of rotatable bonds is 6. The summed E-state index contributed by atoms with van der Waals surface area (Å²) in [4.78, 5) is 20.6. The van der Waals surface area contributed by atoms with Crippen LogP contribution in [0.4, 0.5) is 11.8 Å². The molecule has 3 rings (SSSR count). The van der Waals surface area contributed by atoms with Crippen molar-refractivity contribution in [1.82, 2.24) is 9.97 Å². The quantitative estimate of drug-likeness (QED) is 0.502. The molecule has 2 saturated carbocycles. The zero-order chi connectivity index (χ0) is 20.4. The van der Waals surface area contributed by atoms with E-state index < -0.39 is 11.5 Å². The van der Waals surface area contributed by atoms with Crippen molar-refractivity contribution in [1.29, 1.82) is 0 Å². The third-order valence-electron chi connectivity index (χ3n) is 6.40. The SMILES string of the molecule is CCC1(O)CCC(C)(Nc2ncc(C(N)=O)c(N[C@@H]3CCC[C@H](O)C3)n2)CC1. The molecule has 0 unspecified atom stereocenters. The van der Waals surface area contributed by atoms with Gasteiger partial charge in [0.15, 0.2) is 0 Å². The van der Waals surface area contributed by atoms with Crippen molar-refractivity contribution in [3.05, 3.63) is 11.8 Å². The Hall–Kier alpha value is -1.93. The lowest BCUT2D eigenvalue weighted by molar-refractivity contribution is -0.0127. The highest BCUT2D eigenvalue weighted by atomic mass is 16.3. The number of hydrogen-bond donors (Lipinski definition) is 5. The van der Waals surface area contributed by atoms with Crippen LogP contribution >= 0.6 is 0 Å². The Labute approximate surface area is 166 Å². The van der Waals surface area contributed by atoms with Crippen LogP contribution in [-0.4, -0.2) is 49.4 Å². The number of primary amides is 1. The molecule has 2 fully saturated rings. The van der Waals surface area contributed by atoms with Crippen molar-refractivity contribution in [2.24, 2.45) is 5.73 Å². The van der Waals surface area contributed by atoms with Crippen LogP contribution < -0.4 is 16.4 Å². The Morgan fingerprint density at radius 3 is 2.64 bits per heavy atom. The van der Waals surface area contributed by atoms with Gasteiger partial charge in [0.1, 0.15) is 5.82 Å². The number of aromatic nitrogens is 2. The van der Waals surface area contributed by atoms with Crippen molar-refractivity contribution >= 4 is 17.7 Å². The predicted molar refractivity (Wildman–Crippen MR) is 108 cm³/mol. The lowest BCUT2D eigenvalue weighted by atomic mass is 9.74. The van der Waals surface area contributed by atoms with Gasteiger partial charge in [0, 0.05) is 17.8 Å². The Morgan fingerprint density at radius 1 is 1.32 bits per heavy atom. The predicted octanol–water partition coefficient (Wildman–Crippen LogP) is 2.18. The van der Waals surface area contributed by atoms with Crippen molar-refractivity contribution < 1.29 is 15.0 Å². The van der Waals surface area contributed by atoms with Crippen LogP contribution in [0.2, 0.25) is 0 Å². The van der Waals surface area contributed by atoms with Gasteiger partial charge in [-0.2, -0.15) is 4.98 Å². The molecule has 0 aliphatic heterocycles. The molecule has 0 aromatic carbocycles. The molecule has 1 heterocycles. The zero-order valence-electron chi connectivity index (χ0n) is 16.9. The molecule has 2 aliphatic rings. The molecule has 0 radical (unpaired) electrons. The first-order chi connectivity index (χ1) is 13.2. The number of aliphatic hydroxyl groups is 2. The van der Waals surface area contributed by atoms with Gasteiger partial charge in [-0.15, -0.1) is 0 Å². The fourth-order valence-corrected chi connectivity index (χ4v) is 4.24. The minimum Gasteiger partial charge on any atom is -0.393 e. The highest BCUT2D eigenvalue weighted by molar-refractivity contribution is 5.97. The Bertz CT molecular complexity index is 703. The summed E-state index contributed by atoms with van der Waals surface area (Å²) < 4.78 is 0. The lowest BCUT2D eigenvalue weighted by Gasteiger charge is -2.42. The topological polar surface area (TPSA) is 133 Å². The molecule has 6 N–H and O–H groups in total. The van der Waals surface area contributed by atoms with Gasteiger partial charge in [-0.1, -0.05) is 6.92 Å². The van der Waals surface area contributed by atoms with E-state index in [4.69, 9.17) is 5.73 Å². The molecule has 156 valence electrons. The van der Waals surface area contributed by atoms with Crippen LogP contribution in [0.3, 0.4) is 0 Å².